The van der Waals surface area contributed by atoms with Crippen LogP contribution < -0.4 is 9.47 Å². The molecule has 1 amide bonds. The molecule has 0 bridgehead atoms. The first-order chi connectivity index (χ1) is 12.0. The molecule has 0 N–H and O–H groups in total. The Hall–Kier alpha value is -2.24. The molecule has 1 aromatic carbocycles. The second kappa shape index (κ2) is 7.76. The Balaban J connectivity index is 1.46. The average molecular weight is 347 g/mol. The normalized spacial score (nSPS) is 25.1. The first kappa shape index (κ1) is 17.6. The summed E-state index contributed by atoms with van der Waals surface area (Å²) in [6.45, 7) is 2.06. The van der Waals surface area contributed by atoms with Crippen LogP contribution in [0.1, 0.15) is 32.6 Å². The maximum atomic E-state index is 12.3. The monoisotopic (exact) mass is 347 g/mol. The van der Waals surface area contributed by atoms with Crippen LogP contribution in [-0.2, 0) is 14.3 Å². The molecular formula is C19H25NO5. The SMILES string of the molecule is CC1CCC(N(C)C(=O)COC(=O)[C@H]2COc3ccccc3O2)CC1. The first-order valence-electron chi connectivity index (χ1n) is 8.85. The zero-order valence-electron chi connectivity index (χ0n) is 14.8. The van der Waals surface area contributed by atoms with Crippen LogP contribution in [0.5, 0.6) is 11.5 Å². The van der Waals surface area contributed by atoms with Gasteiger partial charge in [-0.1, -0.05) is 19.1 Å². The third kappa shape index (κ3) is 4.24. The first-order valence-corrected chi connectivity index (χ1v) is 8.85. The fraction of sp³-hybridized carbons (Fsp3) is 0.579. The topological polar surface area (TPSA) is 65.1 Å². The number of hydrogen-bond acceptors (Lipinski definition) is 5. The van der Waals surface area contributed by atoms with Gasteiger partial charge in [-0.05, 0) is 43.7 Å². The van der Waals surface area contributed by atoms with Crippen LogP contribution in [0.4, 0.5) is 0 Å². The molecule has 1 saturated carbocycles. The van der Waals surface area contributed by atoms with Gasteiger partial charge in [0.15, 0.2) is 18.1 Å². The van der Waals surface area contributed by atoms with Crippen LogP contribution in [0.25, 0.3) is 0 Å². The average Bonchev–Trinajstić information content (AvgIpc) is 2.65. The fourth-order valence-electron chi connectivity index (χ4n) is 3.30. The number of hydrogen-bond donors (Lipinski definition) is 0. The lowest BCUT2D eigenvalue weighted by molar-refractivity contribution is -0.160. The molecule has 0 aromatic heterocycles. The van der Waals surface area contributed by atoms with E-state index in [1.54, 1.807) is 30.1 Å². The van der Waals surface area contributed by atoms with E-state index in [0.717, 1.165) is 31.6 Å². The number of carbonyl (C=O) groups excluding carboxylic acids is 2. The van der Waals surface area contributed by atoms with Gasteiger partial charge in [0.25, 0.3) is 5.91 Å². The Labute approximate surface area is 148 Å². The number of para-hydroxylation sites is 2. The molecule has 0 saturated heterocycles. The third-order valence-corrected chi connectivity index (χ3v) is 5.04. The van der Waals surface area contributed by atoms with Gasteiger partial charge in [-0.2, -0.15) is 0 Å². The predicted molar refractivity (Wildman–Crippen MR) is 91.5 cm³/mol. The van der Waals surface area contributed by atoms with Gasteiger partial charge in [0.2, 0.25) is 6.10 Å². The standard InChI is InChI=1S/C19H25NO5/c1-13-7-9-14(10-8-13)20(2)18(21)12-24-19(22)17-11-23-15-5-3-4-6-16(15)25-17/h3-6,13-14,17H,7-12H2,1-2H3/t13?,14?,17-/m1/s1. The molecule has 0 radical (unpaired) electrons. The van der Waals surface area contributed by atoms with Crippen molar-refractivity contribution in [2.45, 2.75) is 44.8 Å². The van der Waals surface area contributed by atoms with Crippen LogP contribution in [-0.4, -0.2) is 49.2 Å². The maximum absolute atomic E-state index is 12.3. The van der Waals surface area contributed by atoms with Crippen molar-refractivity contribution in [1.29, 1.82) is 0 Å². The second-order valence-corrected chi connectivity index (χ2v) is 6.89. The summed E-state index contributed by atoms with van der Waals surface area (Å²) in [5.41, 5.74) is 0. The summed E-state index contributed by atoms with van der Waals surface area (Å²) < 4.78 is 16.2. The van der Waals surface area contributed by atoms with E-state index in [1.165, 1.54) is 0 Å². The van der Waals surface area contributed by atoms with Gasteiger partial charge in [0.05, 0.1) is 0 Å². The van der Waals surface area contributed by atoms with Crippen molar-refractivity contribution in [3.05, 3.63) is 24.3 Å². The van der Waals surface area contributed by atoms with Crippen LogP contribution in [0, 0.1) is 5.92 Å². The maximum Gasteiger partial charge on any atom is 0.351 e. The summed E-state index contributed by atoms with van der Waals surface area (Å²) in [5.74, 6) is 1.09. The molecule has 3 rings (SSSR count). The van der Waals surface area contributed by atoms with Crippen LogP contribution in [0.15, 0.2) is 24.3 Å². The molecular weight excluding hydrogens is 322 g/mol. The van der Waals surface area contributed by atoms with E-state index >= 15 is 0 Å². The summed E-state index contributed by atoms with van der Waals surface area (Å²) in [5, 5.41) is 0. The molecule has 1 heterocycles. The Morgan fingerprint density at radius 3 is 2.56 bits per heavy atom. The van der Waals surface area contributed by atoms with Crippen molar-refractivity contribution in [1.82, 2.24) is 4.90 Å². The summed E-state index contributed by atoms with van der Waals surface area (Å²) >= 11 is 0. The Morgan fingerprint density at radius 2 is 1.84 bits per heavy atom. The minimum Gasteiger partial charge on any atom is -0.485 e. The van der Waals surface area contributed by atoms with E-state index in [4.69, 9.17) is 14.2 Å². The third-order valence-electron chi connectivity index (χ3n) is 5.04. The lowest BCUT2D eigenvalue weighted by Crippen LogP contribution is -2.43. The van der Waals surface area contributed by atoms with Gasteiger partial charge < -0.3 is 19.1 Å². The number of likely N-dealkylation sites (N-methyl/N-ethyl adjacent to an activating group) is 1. The highest BCUT2D eigenvalue weighted by Gasteiger charge is 2.30. The van der Waals surface area contributed by atoms with E-state index in [2.05, 4.69) is 6.92 Å². The lowest BCUT2D eigenvalue weighted by Gasteiger charge is -2.33. The number of esters is 1. The summed E-state index contributed by atoms with van der Waals surface area (Å²) in [4.78, 5) is 26.2. The molecule has 6 nitrogen and oxygen atoms in total. The van der Waals surface area contributed by atoms with E-state index < -0.39 is 12.1 Å². The quantitative estimate of drug-likeness (QED) is 0.783. The van der Waals surface area contributed by atoms with Gasteiger partial charge in [-0.25, -0.2) is 4.79 Å². The molecule has 136 valence electrons. The highest BCUT2D eigenvalue weighted by atomic mass is 16.6. The zero-order valence-corrected chi connectivity index (χ0v) is 14.8. The second-order valence-electron chi connectivity index (χ2n) is 6.89. The number of fused-ring (bicyclic) bond motifs is 1. The number of nitrogens with zero attached hydrogens (tertiary/aromatic N) is 1. The fourth-order valence-corrected chi connectivity index (χ4v) is 3.30. The molecule has 0 unspecified atom stereocenters. The number of amides is 1. The van der Waals surface area contributed by atoms with Crippen LogP contribution in [0.2, 0.25) is 0 Å². The highest BCUT2D eigenvalue weighted by molar-refractivity contribution is 5.82. The van der Waals surface area contributed by atoms with Crippen LogP contribution in [0.3, 0.4) is 0 Å². The number of carbonyl (C=O) groups is 2. The molecule has 1 aliphatic carbocycles. The number of ether oxygens (including phenoxy) is 3. The molecule has 6 heteroatoms. The summed E-state index contributed by atoms with van der Waals surface area (Å²) in [6, 6.07) is 7.39. The van der Waals surface area contributed by atoms with Gasteiger partial charge in [-0.15, -0.1) is 0 Å². The van der Waals surface area contributed by atoms with E-state index in [9.17, 15) is 9.59 Å². The molecule has 1 aromatic rings. The molecule has 0 spiro atoms. The molecule has 25 heavy (non-hydrogen) atoms. The van der Waals surface area contributed by atoms with Gasteiger partial charge in [-0.3, -0.25) is 4.79 Å². The lowest BCUT2D eigenvalue weighted by atomic mass is 9.87. The van der Waals surface area contributed by atoms with E-state index in [-0.39, 0.29) is 25.2 Å². The summed E-state index contributed by atoms with van der Waals surface area (Å²) in [7, 11) is 1.79. The predicted octanol–water partition coefficient (Wildman–Crippen LogP) is 2.41. The minimum atomic E-state index is -0.844. The van der Waals surface area contributed by atoms with Gasteiger partial charge in [0.1, 0.15) is 6.61 Å². The van der Waals surface area contributed by atoms with Crippen molar-refractivity contribution in [2.75, 3.05) is 20.3 Å². The van der Waals surface area contributed by atoms with E-state index in [0.29, 0.717) is 11.5 Å². The smallest absolute Gasteiger partial charge is 0.351 e. The molecule has 1 aliphatic heterocycles. The Kier molecular flexibility index (Phi) is 5.46. The largest absolute Gasteiger partial charge is 0.485 e. The van der Waals surface area contributed by atoms with E-state index in [1.807, 2.05) is 6.07 Å². The highest BCUT2D eigenvalue weighted by Crippen LogP contribution is 2.31. The van der Waals surface area contributed by atoms with Crippen molar-refractivity contribution < 1.29 is 23.8 Å². The van der Waals surface area contributed by atoms with Crippen molar-refractivity contribution in [3.63, 3.8) is 0 Å². The van der Waals surface area contributed by atoms with Gasteiger partial charge >= 0.3 is 5.97 Å². The summed E-state index contributed by atoms with van der Waals surface area (Å²) in [6.07, 6.45) is 3.44. The minimum absolute atomic E-state index is 0.0837. The van der Waals surface area contributed by atoms with Crippen molar-refractivity contribution in [3.8, 4) is 11.5 Å². The number of rotatable bonds is 4. The molecule has 1 fully saturated rings. The molecule has 2 aliphatic rings. The number of benzene rings is 1. The molecule has 1 atom stereocenters. The Morgan fingerprint density at radius 1 is 1.16 bits per heavy atom. The van der Waals surface area contributed by atoms with Crippen LogP contribution >= 0.6 is 0 Å². The Bertz CT molecular complexity index is 624. The van der Waals surface area contributed by atoms with Crippen molar-refractivity contribution in [2.24, 2.45) is 5.92 Å². The van der Waals surface area contributed by atoms with Crippen molar-refractivity contribution >= 4 is 11.9 Å². The zero-order chi connectivity index (χ0) is 17.8. The van der Waals surface area contributed by atoms with Gasteiger partial charge in [0, 0.05) is 13.1 Å².